The molecule has 0 saturated carbocycles. The Hall–Kier alpha value is -4.44. The molecule has 2 heterocycles. The van der Waals surface area contributed by atoms with Crippen LogP contribution in [0.4, 0.5) is 11.4 Å². The average molecular weight is 527 g/mol. The highest BCUT2D eigenvalue weighted by Gasteiger charge is 2.43. The van der Waals surface area contributed by atoms with Gasteiger partial charge in [0, 0.05) is 47.7 Å². The maximum absolute atomic E-state index is 11.3. The van der Waals surface area contributed by atoms with Crippen LogP contribution in [0.2, 0.25) is 0 Å². The van der Waals surface area contributed by atoms with Gasteiger partial charge in [-0.05, 0) is 57.0 Å². The molecule has 7 rings (SSSR count). The molecule has 2 N–H and O–H groups in total. The molecule has 3 aliphatic rings. The lowest BCUT2D eigenvalue weighted by atomic mass is 9.78. The number of likely N-dealkylation sites (N-methyl/N-ethyl adjacent to an activating group) is 2. The number of allylic oxidation sites excluding steroid dienone is 4. The van der Waals surface area contributed by atoms with Crippen LogP contribution in [0.25, 0.3) is 21.5 Å². The summed E-state index contributed by atoms with van der Waals surface area (Å²) in [6.07, 6.45) is 3.90. The molecule has 200 valence electrons. The zero-order valence-electron chi connectivity index (χ0n) is 23.9. The maximum atomic E-state index is 11.3. The van der Waals surface area contributed by atoms with Crippen molar-refractivity contribution in [2.45, 2.75) is 38.5 Å². The van der Waals surface area contributed by atoms with Crippen molar-refractivity contribution in [2.24, 2.45) is 0 Å². The van der Waals surface area contributed by atoms with Crippen LogP contribution >= 0.6 is 0 Å². The highest BCUT2D eigenvalue weighted by atomic mass is 16.3. The first-order valence-electron chi connectivity index (χ1n) is 13.9. The fraction of sp³-hybridized carbons (Fsp3) is 0.222. The molecule has 4 aromatic rings. The van der Waals surface area contributed by atoms with Crippen molar-refractivity contribution in [3.05, 3.63) is 130 Å². The Morgan fingerprint density at radius 2 is 0.925 bits per heavy atom. The first-order valence-corrected chi connectivity index (χ1v) is 13.9. The number of aliphatic hydroxyl groups is 2. The quantitative estimate of drug-likeness (QED) is 0.275. The molecule has 0 radical (unpaired) electrons. The number of hydrogen-bond acceptors (Lipinski definition) is 4. The maximum Gasteiger partial charge on any atom is 0.137 e. The fourth-order valence-corrected chi connectivity index (χ4v) is 7.30. The Morgan fingerprint density at radius 3 is 1.32 bits per heavy atom. The van der Waals surface area contributed by atoms with Crippen molar-refractivity contribution in [1.29, 1.82) is 0 Å². The number of hydrogen-bond donors (Lipinski definition) is 2. The van der Waals surface area contributed by atoms with E-state index in [4.69, 9.17) is 0 Å². The molecule has 0 unspecified atom stereocenters. The van der Waals surface area contributed by atoms with Crippen molar-refractivity contribution in [3.8, 4) is 0 Å². The van der Waals surface area contributed by atoms with Crippen LogP contribution < -0.4 is 9.80 Å². The number of benzene rings is 4. The Labute approximate surface area is 235 Å². The summed E-state index contributed by atoms with van der Waals surface area (Å²) in [7, 11) is 4.12. The molecular formula is C36H34N2O2. The van der Waals surface area contributed by atoms with Gasteiger partial charge < -0.3 is 20.0 Å². The van der Waals surface area contributed by atoms with Crippen molar-refractivity contribution in [3.63, 3.8) is 0 Å². The van der Waals surface area contributed by atoms with E-state index in [1.807, 2.05) is 12.2 Å². The van der Waals surface area contributed by atoms with Crippen LogP contribution in [0.15, 0.2) is 119 Å². The third-order valence-electron chi connectivity index (χ3n) is 9.37. The summed E-state index contributed by atoms with van der Waals surface area (Å²) in [6.45, 7) is 8.85. The largest absolute Gasteiger partial charge is 0.506 e. The molecule has 0 spiro atoms. The molecular weight excluding hydrogens is 492 g/mol. The first kappa shape index (κ1) is 24.6. The van der Waals surface area contributed by atoms with Gasteiger partial charge in [0.05, 0.1) is 11.1 Å². The molecule has 0 saturated heterocycles. The number of anilines is 2. The van der Waals surface area contributed by atoms with E-state index < -0.39 is 0 Å². The molecule has 4 aromatic carbocycles. The fourth-order valence-electron chi connectivity index (χ4n) is 7.30. The second-order valence-electron chi connectivity index (χ2n) is 12.3. The first-order chi connectivity index (χ1) is 19.0. The van der Waals surface area contributed by atoms with Gasteiger partial charge in [-0.2, -0.15) is 0 Å². The Bertz CT molecular complexity index is 1750. The SMILES string of the molecule is CN1C(=CC2=C(O)C(C=C3N(C)c4ccc5ccccc5c4C3(C)C)=C2O)C(C)(C)c2c1ccc1ccccc21. The third-order valence-corrected chi connectivity index (χ3v) is 9.37. The van der Waals surface area contributed by atoms with Crippen LogP contribution in [0, 0.1) is 0 Å². The second-order valence-corrected chi connectivity index (χ2v) is 12.3. The van der Waals surface area contributed by atoms with Crippen LogP contribution in [0.3, 0.4) is 0 Å². The van der Waals surface area contributed by atoms with Crippen LogP contribution in [0.1, 0.15) is 38.8 Å². The van der Waals surface area contributed by atoms with E-state index in [9.17, 15) is 10.2 Å². The summed E-state index contributed by atoms with van der Waals surface area (Å²) in [6, 6.07) is 25.6. The predicted molar refractivity (Wildman–Crippen MR) is 166 cm³/mol. The van der Waals surface area contributed by atoms with Gasteiger partial charge >= 0.3 is 0 Å². The Kier molecular flexibility index (Phi) is 4.95. The number of fused-ring (bicyclic) bond motifs is 6. The zero-order valence-corrected chi connectivity index (χ0v) is 23.9. The average Bonchev–Trinajstić information content (AvgIpc) is 3.27. The number of rotatable bonds is 2. The summed E-state index contributed by atoms with van der Waals surface area (Å²) in [4.78, 5) is 4.36. The summed E-state index contributed by atoms with van der Waals surface area (Å²) in [5, 5.41) is 27.5. The standard InChI is InChI=1S/C36H34N2O2/c1-35(2)29(37(5)27-17-15-21-11-7-9-13-23(21)31(27)35)19-25-33(39)26(34(25)40)20-30-36(3,4)32-24-14-10-8-12-22(24)16-18-28(32)38(30)6/h7-20,39-40H,1-6H3. The molecule has 0 atom stereocenters. The minimum absolute atomic E-state index is 0.132. The zero-order chi connectivity index (χ0) is 28.1. The van der Waals surface area contributed by atoms with Crippen LogP contribution in [-0.4, -0.2) is 24.3 Å². The van der Waals surface area contributed by atoms with E-state index in [-0.39, 0.29) is 22.3 Å². The highest BCUT2D eigenvalue weighted by molar-refractivity contribution is 5.96. The van der Waals surface area contributed by atoms with E-state index in [1.165, 1.54) is 32.7 Å². The third kappa shape index (κ3) is 3.08. The van der Waals surface area contributed by atoms with E-state index in [2.05, 4.69) is 124 Å². The molecule has 4 nitrogen and oxygen atoms in total. The molecule has 0 aromatic heterocycles. The summed E-state index contributed by atoms with van der Waals surface area (Å²) >= 11 is 0. The highest BCUT2D eigenvalue weighted by Crippen LogP contribution is 2.53. The van der Waals surface area contributed by atoms with Gasteiger partial charge in [-0.25, -0.2) is 0 Å². The minimum Gasteiger partial charge on any atom is -0.506 e. The lowest BCUT2D eigenvalue weighted by Crippen LogP contribution is -2.25. The summed E-state index contributed by atoms with van der Waals surface area (Å²) < 4.78 is 0. The van der Waals surface area contributed by atoms with Gasteiger partial charge in [-0.15, -0.1) is 0 Å². The van der Waals surface area contributed by atoms with Gasteiger partial charge in [-0.3, -0.25) is 0 Å². The molecule has 0 amide bonds. The normalized spacial score (nSPS) is 21.1. The van der Waals surface area contributed by atoms with Crippen molar-refractivity contribution in [2.75, 3.05) is 23.9 Å². The molecule has 0 fully saturated rings. The second kappa shape index (κ2) is 8.04. The summed E-state index contributed by atoms with van der Waals surface area (Å²) in [5.74, 6) is 0.264. The van der Waals surface area contributed by atoms with E-state index in [0.717, 1.165) is 22.8 Å². The monoisotopic (exact) mass is 526 g/mol. The van der Waals surface area contributed by atoms with Crippen LogP contribution in [0.5, 0.6) is 0 Å². The lowest BCUT2D eigenvalue weighted by molar-refractivity contribution is 0.354. The Morgan fingerprint density at radius 1 is 0.550 bits per heavy atom. The smallest absolute Gasteiger partial charge is 0.137 e. The lowest BCUT2D eigenvalue weighted by Gasteiger charge is -2.29. The van der Waals surface area contributed by atoms with Gasteiger partial charge in [-0.1, -0.05) is 88.4 Å². The number of nitrogens with zero attached hydrogens (tertiary/aromatic N) is 2. The van der Waals surface area contributed by atoms with Crippen molar-refractivity contribution in [1.82, 2.24) is 0 Å². The summed E-state index contributed by atoms with van der Waals surface area (Å²) in [5.41, 5.74) is 7.28. The van der Waals surface area contributed by atoms with Crippen molar-refractivity contribution >= 4 is 32.9 Å². The minimum atomic E-state index is -0.302. The Balaban J connectivity index is 1.28. The van der Waals surface area contributed by atoms with E-state index >= 15 is 0 Å². The van der Waals surface area contributed by atoms with Gasteiger partial charge in [0.25, 0.3) is 0 Å². The van der Waals surface area contributed by atoms with E-state index in [0.29, 0.717) is 11.1 Å². The van der Waals surface area contributed by atoms with Gasteiger partial charge in [0.1, 0.15) is 11.5 Å². The molecule has 2 aliphatic heterocycles. The molecule has 1 aliphatic carbocycles. The van der Waals surface area contributed by atoms with Crippen LogP contribution in [-0.2, 0) is 10.8 Å². The van der Waals surface area contributed by atoms with Gasteiger partial charge in [0.2, 0.25) is 0 Å². The van der Waals surface area contributed by atoms with Gasteiger partial charge in [0.15, 0.2) is 0 Å². The molecule has 0 bridgehead atoms. The predicted octanol–water partition coefficient (Wildman–Crippen LogP) is 8.55. The van der Waals surface area contributed by atoms with E-state index in [1.54, 1.807) is 0 Å². The topological polar surface area (TPSA) is 46.9 Å². The molecule has 40 heavy (non-hydrogen) atoms. The number of aliphatic hydroxyl groups excluding tert-OH is 2. The van der Waals surface area contributed by atoms with Crippen molar-refractivity contribution < 1.29 is 10.2 Å². The molecule has 4 heteroatoms.